The van der Waals surface area contributed by atoms with E-state index in [1.807, 2.05) is 12.1 Å². The van der Waals surface area contributed by atoms with E-state index in [0.29, 0.717) is 6.42 Å². The van der Waals surface area contributed by atoms with Crippen molar-refractivity contribution in [1.29, 1.82) is 0 Å². The van der Waals surface area contributed by atoms with Gasteiger partial charge in [0.05, 0.1) is 12.7 Å². The Labute approximate surface area is 212 Å². The van der Waals surface area contributed by atoms with E-state index in [1.165, 1.54) is 29.7 Å². The number of halogens is 2. The predicted octanol–water partition coefficient (Wildman–Crippen LogP) is 2.11. The van der Waals surface area contributed by atoms with Gasteiger partial charge in [0.1, 0.15) is 18.3 Å². The molecule has 2 heterocycles. The van der Waals surface area contributed by atoms with Crippen LogP contribution in [0.5, 0.6) is 5.75 Å². The summed E-state index contributed by atoms with van der Waals surface area (Å²) in [6, 6.07) is 7.91. The van der Waals surface area contributed by atoms with E-state index >= 15 is 0 Å². The van der Waals surface area contributed by atoms with Gasteiger partial charge in [-0.25, -0.2) is 0 Å². The first-order valence-corrected chi connectivity index (χ1v) is 13.7. The number of anilines is 1. The number of ether oxygens (including phenoxy) is 3. The summed E-state index contributed by atoms with van der Waals surface area (Å²) in [6.45, 7) is 2.46. The van der Waals surface area contributed by atoms with Gasteiger partial charge in [-0.3, -0.25) is 0 Å². The third-order valence-electron chi connectivity index (χ3n) is 6.24. The van der Waals surface area contributed by atoms with Crippen molar-refractivity contribution in [3.63, 3.8) is 0 Å². The van der Waals surface area contributed by atoms with Crippen LogP contribution in [-0.4, -0.2) is 85.6 Å². The standard InChI is InChI=1S/C24H31F2NO7Te/c1-13-22(32-3)21(31)20(30)18(12-28)34-24(13,2)33-17-8-6-14(11-16(17)23(25)26)27-19(29)9-7-15-5-4-10-35-15/h4-6,8,10-11,13,18,20-23,28,30-31H,7,9,12H2,1-3H3,(H,27,29). The van der Waals surface area contributed by atoms with Crippen LogP contribution in [0, 0.1) is 5.92 Å². The number of methoxy groups -OCH3 is 1. The van der Waals surface area contributed by atoms with Crippen molar-refractivity contribution in [1.82, 2.24) is 0 Å². The van der Waals surface area contributed by atoms with Crippen LogP contribution in [0.1, 0.15) is 35.8 Å². The Bertz CT molecular complexity index is 977. The molecule has 1 aromatic carbocycles. The molecule has 6 atom stereocenters. The molecule has 4 N–H and O–H groups in total. The van der Waals surface area contributed by atoms with Gasteiger partial charge in [0.2, 0.25) is 0 Å². The Morgan fingerprint density at radius 2 is 2.03 bits per heavy atom. The maximum absolute atomic E-state index is 14.0. The number of aliphatic hydroxyl groups is 3. The van der Waals surface area contributed by atoms with E-state index in [1.54, 1.807) is 6.92 Å². The number of aryl methyl sites for hydroxylation is 1. The number of nitrogens with one attached hydrogen (secondary N) is 1. The van der Waals surface area contributed by atoms with Crippen LogP contribution < -0.4 is 10.1 Å². The van der Waals surface area contributed by atoms with Gasteiger partial charge < -0.3 is 20.1 Å². The van der Waals surface area contributed by atoms with E-state index in [4.69, 9.17) is 14.2 Å². The molecule has 1 aromatic heterocycles. The van der Waals surface area contributed by atoms with Gasteiger partial charge in [-0.15, -0.1) is 0 Å². The molecule has 0 bridgehead atoms. The van der Waals surface area contributed by atoms with Crippen LogP contribution >= 0.6 is 0 Å². The summed E-state index contributed by atoms with van der Waals surface area (Å²) < 4.78 is 48.4. The van der Waals surface area contributed by atoms with E-state index in [9.17, 15) is 28.9 Å². The summed E-state index contributed by atoms with van der Waals surface area (Å²) in [6.07, 6.45) is -7.11. The van der Waals surface area contributed by atoms with Gasteiger partial charge >= 0.3 is 148 Å². The van der Waals surface area contributed by atoms with Crippen molar-refractivity contribution < 1.29 is 43.1 Å². The smallest absolute Gasteiger partial charge is 0.0536 e. The second kappa shape index (κ2) is 12.1. The van der Waals surface area contributed by atoms with Crippen molar-refractivity contribution in [3.05, 3.63) is 43.6 Å². The summed E-state index contributed by atoms with van der Waals surface area (Å²) in [5.41, 5.74) is -0.254. The van der Waals surface area contributed by atoms with Crippen molar-refractivity contribution in [3.8, 4) is 5.75 Å². The molecule has 3 rings (SSSR count). The van der Waals surface area contributed by atoms with Gasteiger partial charge in [0.15, 0.2) is 0 Å². The summed E-state index contributed by atoms with van der Waals surface area (Å²) in [5, 5.41) is 33.2. The quantitative estimate of drug-likeness (QED) is 0.321. The van der Waals surface area contributed by atoms with Crippen LogP contribution in [0.15, 0.2) is 34.4 Å². The molecule has 1 aliphatic heterocycles. The number of hydrogen-bond acceptors (Lipinski definition) is 7. The van der Waals surface area contributed by atoms with Crippen molar-refractivity contribution >= 4 is 32.0 Å². The maximum atomic E-state index is 14.0. The van der Waals surface area contributed by atoms with E-state index < -0.39 is 54.7 Å². The fraction of sp³-hybridized carbons (Fsp3) is 0.542. The number of alkyl halides is 2. The molecule has 1 amide bonds. The van der Waals surface area contributed by atoms with Gasteiger partial charge in [0, 0.05) is 7.11 Å². The Hall–Kier alpha value is -1.58. The summed E-state index contributed by atoms with van der Waals surface area (Å²) in [4.78, 5) is 12.3. The molecule has 0 saturated carbocycles. The Morgan fingerprint density at radius 3 is 2.63 bits per heavy atom. The normalized spacial score (nSPS) is 29.1. The van der Waals surface area contributed by atoms with Crippen molar-refractivity contribution in [2.75, 3.05) is 19.0 Å². The minimum absolute atomic E-state index is 0.197. The molecule has 1 aliphatic rings. The fourth-order valence-corrected chi connectivity index (χ4v) is 6.14. The zero-order valence-electron chi connectivity index (χ0n) is 19.7. The third-order valence-corrected chi connectivity index (χ3v) is 8.92. The molecule has 6 unspecified atom stereocenters. The van der Waals surface area contributed by atoms with Gasteiger partial charge in [-0.2, -0.15) is 0 Å². The Morgan fingerprint density at radius 1 is 1.29 bits per heavy atom. The topological polar surface area (TPSA) is 117 Å². The van der Waals surface area contributed by atoms with E-state index in [-0.39, 0.29) is 44.2 Å². The molecule has 0 radical (unpaired) electrons. The average Bonchev–Trinajstić information content (AvgIpc) is 3.33. The Kier molecular flexibility index (Phi) is 9.68. The molecule has 194 valence electrons. The second-order valence-electron chi connectivity index (χ2n) is 8.61. The molecule has 0 spiro atoms. The van der Waals surface area contributed by atoms with Gasteiger partial charge in [0.25, 0.3) is 0 Å². The first-order chi connectivity index (χ1) is 16.6. The first-order valence-electron chi connectivity index (χ1n) is 11.2. The minimum Gasteiger partial charge on any atom is -0.0536 e. The van der Waals surface area contributed by atoms with E-state index in [2.05, 4.69) is 9.40 Å². The molecule has 0 aliphatic carbocycles. The van der Waals surface area contributed by atoms with Gasteiger partial charge in [-0.05, 0) is 0 Å². The fourth-order valence-electron chi connectivity index (χ4n) is 4.11. The number of carbonyl (C=O) groups is 1. The number of amides is 1. The predicted molar refractivity (Wildman–Crippen MR) is 125 cm³/mol. The van der Waals surface area contributed by atoms with Crippen molar-refractivity contribution in [2.24, 2.45) is 5.92 Å². The van der Waals surface area contributed by atoms with Crippen LogP contribution in [-0.2, 0) is 20.7 Å². The zero-order valence-corrected chi connectivity index (χ0v) is 22.0. The van der Waals surface area contributed by atoms with E-state index in [0.717, 1.165) is 6.07 Å². The SMILES string of the molecule is COC1C(O)C(O)C(CO)OC(C)(Oc2ccc(NC(=O)CCc3ccc[te]3)cc2C(F)F)C1C. The van der Waals surface area contributed by atoms with Crippen LogP contribution in [0.4, 0.5) is 14.5 Å². The number of rotatable bonds is 9. The molecule has 11 heteroatoms. The zero-order chi connectivity index (χ0) is 25.8. The molecule has 1 fully saturated rings. The molecule has 2 aromatic rings. The summed E-state index contributed by atoms with van der Waals surface area (Å²) >= 11 is -0.328. The molecule has 1 saturated heterocycles. The first kappa shape index (κ1) is 28.0. The summed E-state index contributed by atoms with van der Waals surface area (Å²) in [7, 11) is 1.33. The van der Waals surface area contributed by atoms with Crippen LogP contribution in [0.25, 0.3) is 0 Å². The summed E-state index contributed by atoms with van der Waals surface area (Å²) in [5.74, 6) is -2.85. The van der Waals surface area contributed by atoms with Gasteiger partial charge in [-0.1, -0.05) is 6.92 Å². The Balaban J connectivity index is 1.81. The number of benzene rings is 1. The van der Waals surface area contributed by atoms with Crippen LogP contribution in [0.3, 0.4) is 0 Å². The number of aliphatic hydroxyl groups excluding tert-OH is 3. The molecular formula is C24H31F2NO7Te. The molecule has 35 heavy (non-hydrogen) atoms. The second-order valence-corrected chi connectivity index (χ2v) is 11.6. The van der Waals surface area contributed by atoms with Crippen LogP contribution in [0.2, 0.25) is 0 Å². The van der Waals surface area contributed by atoms with Crippen molar-refractivity contribution in [2.45, 2.75) is 63.3 Å². The molecule has 8 nitrogen and oxygen atoms in total. The minimum atomic E-state index is -2.92. The number of carbonyl (C=O) groups excluding carboxylic acids is 1. The monoisotopic (exact) mass is 613 g/mol. The average molecular weight is 611 g/mol. The molecular weight excluding hydrogens is 580 g/mol. The number of hydrogen-bond donors (Lipinski definition) is 4. The third kappa shape index (κ3) is 6.60.